The maximum atomic E-state index is 12.9. The van der Waals surface area contributed by atoms with Gasteiger partial charge in [0.15, 0.2) is 0 Å². The van der Waals surface area contributed by atoms with E-state index in [2.05, 4.69) is 196 Å². The topological polar surface area (TPSA) is 78.0 Å². The number of nitrogens with zero attached hydrogens (tertiary/aromatic N) is 2. The lowest BCUT2D eigenvalue weighted by Gasteiger charge is -2.34. The van der Waals surface area contributed by atoms with Gasteiger partial charge in [0.05, 0.1) is 53.3 Å². The molecule has 9 rings (SSSR count). The van der Waals surface area contributed by atoms with E-state index in [-0.39, 0.29) is 39.8 Å². The third kappa shape index (κ3) is 11.3. The molecule has 77 heavy (non-hydrogen) atoms. The molecule has 0 saturated carbocycles. The van der Waals surface area contributed by atoms with Crippen LogP contribution in [0.25, 0.3) is 66.3 Å². The smallest absolute Gasteiger partial charge is 0.147 e. The van der Waals surface area contributed by atoms with Crippen LogP contribution in [-0.2, 0) is 17.3 Å². The average molecular weight is 1050 g/mol. The van der Waals surface area contributed by atoms with Gasteiger partial charge in [0, 0.05) is 45.6 Å². The quantitative estimate of drug-likeness (QED) is 0.0943. The summed E-state index contributed by atoms with van der Waals surface area (Å²) in [5.74, 6) is 2.06. The molecule has 2 N–H and O–H groups in total. The van der Waals surface area contributed by atoms with Gasteiger partial charge in [-0.3, -0.25) is 0 Å². The van der Waals surface area contributed by atoms with E-state index in [1.54, 1.807) is 7.11 Å². The fourth-order valence-corrected chi connectivity index (χ4v) is 12.5. The van der Waals surface area contributed by atoms with E-state index in [1.807, 2.05) is 31.2 Å². The summed E-state index contributed by atoms with van der Waals surface area (Å²) >= 11 is 7.17. The monoisotopic (exact) mass is 1050 g/mol. The van der Waals surface area contributed by atoms with Gasteiger partial charge in [0.1, 0.15) is 28.7 Å². The van der Waals surface area contributed by atoms with E-state index in [0.717, 1.165) is 90.9 Å². The van der Waals surface area contributed by atoms with Crippen molar-refractivity contribution in [1.82, 2.24) is 9.13 Å². The van der Waals surface area contributed by atoms with Crippen molar-refractivity contribution < 1.29 is 24.4 Å². The Bertz CT molecular complexity index is 3630. The lowest BCUT2D eigenvalue weighted by Crippen LogP contribution is -2.25. The minimum absolute atomic E-state index is 0.0338. The minimum atomic E-state index is -0.273. The number of methoxy groups -OCH3 is 1. The molecule has 2 heterocycles. The summed E-state index contributed by atoms with van der Waals surface area (Å²) in [6.07, 6.45) is 5.30. The molecule has 0 aliphatic rings. The summed E-state index contributed by atoms with van der Waals surface area (Å²) < 4.78 is 23.7. The predicted molar refractivity (Wildman–Crippen MR) is 323 cm³/mol. The van der Waals surface area contributed by atoms with Crippen LogP contribution in [-0.4, -0.2) is 39.7 Å². The summed E-state index contributed by atoms with van der Waals surface area (Å²) in [6.45, 7) is 31.8. The number of phenolic OH excluding ortho intramolecular Hbond substituents is 2. The standard InChI is InChI=1S/C69H79ClN2O5/c1-16-45-20-21-46-26-27-71(57(46)34-45)60-37-47(68(11,12)40-66(5,6)7)36-54(63(60)73)55-30-44(4)31-56(70)65(55)77-29-17-28-76-62-25-22-49(75-15)39-52(62)53-35-48(69(13,14)41-67(8,9)10)38-61(64(53)74)72-58-32-42(2)18-23-50(58)51-24-19-43(3)33-59(51)72/h18-27,30-39,73-74H,16-17,28-29,40-41H2,1-15H3. The average Bonchev–Trinajstić information content (AvgIpc) is 3.98. The van der Waals surface area contributed by atoms with Crippen LogP contribution < -0.4 is 14.2 Å². The first-order valence-corrected chi connectivity index (χ1v) is 27.8. The third-order valence-corrected chi connectivity index (χ3v) is 15.5. The van der Waals surface area contributed by atoms with E-state index < -0.39 is 0 Å². The van der Waals surface area contributed by atoms with E-state index in [4.69, 9.17) is 25.8 Å². The van der Waals surface area contributed by atoms with Crippen LogP contribution in [0.5, 0.6) is 28.7 Å². The number of aryl methyl sites for hydroxylation is 4. The van der Waals surface area contributed by atoms with E-state index >= 15 is 0 Å². The molecule has 0 unspecified atom stereocenters. The molecule has 0 atom stereocenters. The first-order valence-electron chi connectivity index (χ1n) is 27.4. The predicted octanol–water partition coefficient (Wildman–Crippen LogP) is 18.9. The summed E-state index contributed by atoms with van der Waals surface area (Å²) in [6, 6.07) is 40.1. The highest BCUT2D eigenvalue weighted by Crippen LogP contribution is 2.50. The highest BCUT2D eigenvalue weighted by atomic mass is 35.5. The third-order valence-electron chi connectivity index (χ3n) is 15.2. The molecule has 0 bridgehead atoms. The van der Waals surface area contributed by atoms with Gasteiger partial charge in [-0.05, 0) is 179 Å². The van der Waals surface area contributed by atoms with Gasteiger partial charge in [-0.15, -0.1) is 0 Å². The second kappa shape index (κ2) is 20.8. The number of aromatic nitrogens is 2. The molecule has 0 amide bonds. The lowest BCUT2D eigenvalue weighted by molar-refractivity contribution is 0.248. The molecule has 0 spiro atoms. The number of hydrogen-bond donors (Lipinski definition) is 2. The maximum absolute atomic E-state index is 12.9. The minimum Gasteiger partial charge on any atom is -0.505 e. The number of fused-ring (bicyclic) bond motifs is 4. The van der Waals surface area contributed by atoms with Crippen molar-refractivity contribution in [2.45, 2.75) is 133 Å². The molecule has 7 nitrogen and oxygen atoms in total. The van der Waals surface area contributed by atoms with Crippen molar-refractivity contribution in [2.24, 2.45) is 10.8 Å². The summed E-state index contributed by atoms with van der Waals surface area (Å²) in [4.78, 5) is 0. The largest absolute Gasteiger partial charge is 0.505 e. The van der Waals surface area contributed by atoms with Crippen LogP contribution >= 0.6 is 11.6 Å². The molecule has 0 fully saturated rings. The number of benzene rings is 7. The van der Waals surface area contributed by atoms with Crippen molar-refractivity contribution in [3.63, 3.8) is 0 Å². The van der Waals surface area contributed by atoms with Gasteiger partial charge in [0.25, 0.3) is 0 Å². The van der Waals surface area contributed by atoms with Gasteiger partial charge in [-0.1, -0.05) is 124 Å². The zero-order valence-corrected chi connectivity index (χ0v) is 48.9. The van der Waals surface area contributed by atoms with Gasteiger partial charge in [-0.25, -0.2) is 0 Å². The van der Waals surface area contributed by atoms with E-state index in [9.17, 15) is 10.2 Å². The van der Waals surface area contributed by atoms with Gasteiger partial charge < -0.3 is 33.6 Å². The van der Waals surface area contributed by atoms with Crippen LogP contribution in [0.3, 0.4) is 0 Å². The lowest BCUT2D eigenvalue weighted by atomic mass is 9.71. The normalized spacial score (nSPS) is 12.6. The Labute approximate surface area is 462 Å². The fourth-order valence-electron chi connectivity index (χ4n) is 12.2. The second-order valence-electron chi connectivity index (χ2n) is 25.4. The highest BCUT2D eigenvalue weighted by molar-refractivity contribution is 6.32. The molecular formula is C69H79ClN2O5. The van der Waals surface area contributed by atoms with Crippen LogP contribution in [0, 0.1) is 31.6 Å². The molecule has 2 aromatic heterocycles. The maximum Gasteiger partial charge on any atom is 0.147 e. The number of halogens is 1. The molecule has 7 aromatic carbocycles. The van der Waals surface area contributed by atoms with E-state index in [0.29, 0.717) is 57.8 Å². The Kier molecular flexibility index (Phi) is 14.9. The Morgan fingerprint density at radius 3 is 1.69 bits per heavy atom. The zero-order valence-electron chi connectivity index (χ0n) is 48.2. The van der Waals surface area contributed by atoms with E-state index in [1.165, 1.54) is 5.56 Å². The second-order valence-corrected chi connectivity index (χ2v) is 25.8. The van der Waals surface area contributed by atoms with Crippen molar-refractivity contribution in [3.8, 4) is 62.4 Å². The molecule has 0 aliphatic carbocycles. The van der Waals surface area contributed by atoms with Crippen molar-refractivity contribution in [3.05, 3.63) is 160 Å². The molecular weight excluding hydrogens is 972 g/mol. The van der Waals surface area contributed by atoms with Crippen LogP contribution in [0.2, 0.25) is 5.02 Å². The molecule has 0 radical (unpaired) electrons. The number of aromatic hydroxyl groups is 2. The van der Waals surface area contributed by atoms with Crippen LogP contribution in [0.1, 0.15) is 129 Å². The summed E-state index contributed by atoms with van der Waals surface area (Å²) in [5.41, 5.74) is 13.5. The van der Waals surface area contributed by atoms with Crippen molar-refractivity contribution in [2.75, 3.05) is 20.3 Å². The Morgan fingerprint density at radius 1 is 0.532 bits per heavy atom. The van der Waals surface area contributed by atoms with Crippen molar-refractivity contribution >= 4 is 44.3 Å². The van der Waals surface area contributed by atoms with Gasteiger partial charge in [-0.2, -0.15) is 0 Å². The summed E-state index contributed by atoms with van der Waals surface area (Å²) in [5, 5.41) is 29.3. The molecule has 0 aliphatic heterocycles. The number of ether oxygens (including phenoxy) is 3. The first-order chi connectivity index (χ1) is 36.3. The Hall–Kier alpha value is -6.83. The number of phenols is 2. The first kappa shape index (κ1) is 54.9. The summed E-state index contributed by atoms with van der Waals surface area (Å²) in [7, 11) is 1.66. The van der Waals surface area contributed by atoms with Crippen molar-refractivity contribution in [1.29, 1.82) is 0 Å². The van der Waals surface area contributed by atoms with Gasteiger partial charge in [0.2, 0.25) is 0 Å². The zero-order chi connectivity index (χ0) is 55.5. The molecule has 8 heteroatoms. The Morgan fingerprint density at radius 2 is 1.10 bits per heavy atom. The van der Waals surface area contributed by atoms with Crippen LogP contribution in [0.4, 0.5) is 0 Å². The molecule has 9 aromatic rings. The SMILES string of the molecule is CCc1ccc2ccn(-c3cc(C(C)(C)CC(C)(C)C)cc(-c4cc(C)cc(Cl)c4OCCCOc4ccc(OC)cc4-c4cc(C(C)(C)CC(C)(C)C)cc(-n5c6cc(C)ccc6c6ccc(C)cc65)c4O)c3O)c2c1. The molecule has 0 saturated heterocycles. The highest BCUT2D eigenvalue weighted by Gasteiger charge is 2.33. The number of hydrogen-bond acceptors (Lipinski definition) is 5. The van der Waals surface area contributed by atoms with Crippen LogP contribution in [0.15, 0.2) is 121 Å². The molecule has 402 valence electrons. The fraction of sp³-hybridized carbons (Fsp3) is 0.362. The Balaban J connectivity index is 1.08. The van der Waals surface area contributed by atoms with Gasteiger partial charge >= 0.3 is 0 Å². The number of rotatable bonds is 16.